The fourth-order valence-electron chi connectivity index (χ4n) is 0.594. The van der Waals surface area contributed by atoms with Crippen molar-refractivity contribution in [3.63, 3.8) is 0 Å². The van der Waals surface area contributed by atoms with Gasteiger partial charge in [0.25, 0.3) is 0 Å². The number of halogens is 1. The molecule has 0 saturated heterocycles. The molecular weight excluding hydrogens is 170 g/mol. The Labute approximate surface area is 79.2 Å². The smallest absolute Gasteiger partial charge is 0.0582 e. The topological polar surface area (TPSA) is 12.4 Å². The van der Waals surface area contributed by atoms with E-state index in [1.165, 1.54) is 0 Å². The fraction of sp³-hybridized carbons (Fsp3) is 0.300. The lowest BCUT2D eigenvalue weighted by Gasteiger charge is -1.96. The van der Waals surface area contributed by atoms with Crippen LogP contribution < -0.4 is 0 Å². The molecule has 0 fully saturated rings. The van der Waals surface area contributed by atoms with Crippen LogP contribution in [-0.2, 0) is 0 Å². The Balaban J connectivity index is 4.38. The highest BCUT2D eigenvalue weighted by atomic mass is 35.5. The summed E-state index contributed by atoms with van der Waals surface area (Å²) in [6.45, 7) is 9.43. The van der Waals surface area contributed by atoms with Gasteiger partial charge in [0.05, 0.1) is 5.70 Å². The van der Waals surface area contributed by atoms with Gasteiger partial charge in [0.2, 0.25) is 0 Å². The van der Waals surface area contributed by atoms with Crippen molar-refractivity contribution in [3.05, 3.63) is 35.0 Å². The molecule has 0 N–H and O–H groups in total. The van der Waals surface area contributed by atoms with Gasteiger partial charge >= 0.3 is 0 Å². The van der Waals surface area contributed by atoms with Gasteiger partial charge in [-0.3, -0.25) is 4.99 Å². The molecule has 0 unspecified atom stereocenters. The Morgan fingerprint density at radius 2 is 1.92 bits per heavy atom. The maximum Gasteiger partial charge on any atom is 0.0582 e. The van der Waals surface area contributed by atoms with Crippen molar-refractivity contribution in [1.29, 1.82) is 0 Å². The first-order valence-corrected chi connectivity index (χ1v) is 4.14. The summed E-state index contributed by atoms with van der Waals surface area (Å²) < 4.78 is 0. The van der Waals surface area contributed by atoms with Crippen LogP contribution >= 0.6 is 11.6 Å². The summed E-state index contributed by atoms with van der Waals surface area (Å²) in [5.74, 6) is 0. The molecule has 0 aliphatic heterocycles. The highest BCUT2D eigenvalue weighted by molar-refractivity contribution is 6.29. The number of rotatable bonds is 3. The van der Waals surface area contributed by atoms with E-state index in [2.05, 4.69) is 11.6 Å². The third-order valence-corrected chi connectivity index (χ3v) is 1.43. The lowest BCUT2D eigenvalue weighted by molar-refractivity contribution is 1.30. The lowest BCUT2D eigenvalue weighted by atomic mass is 10.2. The first kappa shape index (κ1) is 11.2. The average Bonchev–Trinajstić information content (AvgIpc) is 2.00. The number of nitrogens with zero attached hydrogens (tertiary/aromatic N) is 1. The maximum absolute atomic E-state index is 5.65. The predicted molar refractivity (Wildman–Crippen MR) is 56.7 cm³/mol. The summed E-state index contributed by atoms with van der Waals surface area (Å²) in [4.78, 5) is 4.04. The maximum atomic E-state index is 5.65. The summed E-state index contributed by atoms with van der Waals surface area (Å²) >= 11 is 5.65. The van der Waals surface area contributed by atoms with Crippen molar-refractivity contribution >= 4 is 17.8 Å². The van der Waals surface area contributed by atoms with Gasteiger partial charge in [0, 0.05) is 11.2 Å². The number of aliphatic imine (C=N–C) groups is 1. The van der Waals surface area contributed by atoms with Crippen molar-refractivity contribution in [2.45, 2.75) is 20.8 Å². The van der Waals surface area contributed by atoms with Crippen LogP contribution in [0.4, 0.5) is 0 Å². The Bertz CT molecular complexity index is 243. The van der Waals surface area contributed by atoms with Gasteiger partial charge in [0.1, 0.15) is 0 Å². The van der Waals surface area contributed by atoms with E-state index in [-0.39, 0.29) is 0 Å². The van der Waals surface area contributed by atoms with Gasteiger partial charge in [-0.05, 0) is 32.4 Å². The molecule has 0 aromatic rings. The van der Waals surface area contributed by atoms with Gasteiger partial charge in [-0.2, -0.15) is 0 Å². The molecule has 0 bridgehead atoms. The fourth-order valence-corrected chi connectivity index (χ4v) is 0.657. The van der Waals surface area contributed by atoms with Crippen LogP contribution in [0.2, 0.25) is 0 Å². The van der Waals surface area contributed by atoms with E-state index in [0.29, 0.717) is 0 Å². The van der Waals surface area contributed by atoms with Gasteiger partial charge in [0.15, 0.2) is 0 Å². The second-order valence-corrected chi connectivity index (χ2v) is 3.03. The van der Waals surface area contributed by atoms with Crippen LogP contribution in [0.3, 0.4) is 0 Å². The summed E-state index contributed by atoms with van der Waals surface area (Å²) in [5.41, 5.74) is 1.79. The third kappa shape index (κ3) is 4.91. The van der Waals surface area contributed by atoms with E-state index in [0.717, 1.165) is 16.3 Å². The highest BCUT2D eigenvalue weighted by Crippen LogP contribution is 2.09. The van der Waals surface area contributed by atoms with Crippen LogP contribution in [0.25, 0.3) is 0 Å². The molecule has 0 radical (unpaired) electrons. The minimum Gasteiger partial charge on any atom is -0.262 e. The van der Waals surface area contributed by atoms with Crippen molar-refractivity contribution < 1.29 is 0 Å². The molecule has 0 atom stereocenters. The van der Waals surface area contributed by atoms with E-state index < -0.39 is 0 Å². The van der Waals surface area contributed by atoms with Crippen molar-refractivity contribution in [3.8, 4) is 0 Å². The molecule has 0 amide bonds. The molecule has 2 heteroatoms. The third-order valence-electron chi connectivity index (χ3n) is 1.30. The van der Waals surface area contributed by atoms with Gasteiger partial charge in [-0.25, -0.2) is 0 Å². The highest BCUT2D eigenvalue weighted by Gasteiger charge is 1.90. The molecule has 0 rings (SSSR count). The summed E-state index contributed by atoms with van der Waals surface area (Å²) in [7, 11) is 0. The quantitative estimate of drug-likeness (QED) is 0.468. The Hall–Kier alpha value is -0.820. The molecule has 0 spiro atoms. The summed E-state index contributed by atoms with van der Waals surface area (Å²) in [6, 6.07) is 0. The van der Waals surface area contributed by atoms with Crippen LogP contribution in [0.5, 0.6) is 0 Å². The van der Waals surface area contributed by atoms with Crippen LogP contribution in [-0.4, -0.2) is 6.21 Å². The molecule has 0 heterocycles. The van der Waals surface area contributed by atoms with E-state index in [1.54, 1.807) is 6.21 Å². The molecule has 66 valence electrons. The molecule has 0 aromatic carbocycles. The average molecular weight is 184 g/mol. The van der Waals surface area contributed by atoms with Gasteiger partial charge in [-0.15, -0.1) is 0 Å². The minimum absolute atomic E-state index is 0.752. The molecule has 0 aliphatic rings. The van der Waals surface area contributed by atoms with Crippen molar-refractivity contribution in [2.24, 2.45) is 4.99 Å². The first-order chi connectivity index (χ1) is 5.57. The van der Waals surface area contributed by atoms with Crippen LogP contribution in [0.15, 0.2) is 40.0 Å². The molecular formula is C10H14ClN. The lowest BCUT2D eigenvalue weighted by Crippen LogP contribution is -1.78. The first-order valence-electron chi connectivity index (χ1n) is 3.76. The SMILES string of the molecule is C=C(N=CC)C(C)=CC=C(C)Cl. The predicted octanol–water partition coefficient (Wildman–Crippen LogP) is 3.68. The largest absolute Gasteiger partial charge is 0.262 e. The summed E-state index contributed by atoms with van der Waals surface area (Å²) in [6.07, 6.45) is 5.45. The number of hydrogen-bond donors (Lipinski definition) is 0. The standard InChI is InChI=1S/C10H14ClN/c1-5-12-10(4)8(2)6-7-9(3)11/h5-7H,4H2,1-3H3. The molecule has 0 aliphatic carbocycles. The van der Waals surface area contributed by atoms with E-state index in [4.69, 9.17) is 11.6 Å². The molecule has 0 aromatic heterocycles. The second kappa shape index (κ2) is 5.78. The molecule has 12 heavy (non-hydrogen) atoms. The Morgan fingerprint density at radius 1 is 1.33 bits per heavy atom. The van der Waals surface area contributed by atoms with Crippen LogP contribution in [0.1, 0.15) is 20.8 Å². The van der Waals surface area contributed by atoms with Crippen molar-refractivity contribution in [1.82, 2.24) is 0 Å². The zero-order chi connectivity index (χ0) is 9.56. The Kier molecular flexibility index (Phi) is 5.39. The molecule has 1 nitrogen and oxygen atoms in total. The second-order valence-electron chi connectivity index (χ2n) is 2.44. The van der Waals surface area contributed by atoms with Gasteiger partial charge in [-0.1, -0.05) is 24.3 Å². The van der Waals surface area contributed by atoms with Gasteiger partial charge < -0.3 is 0 Å². The van der Waals surface area contributed by atoms with E-state index in [9.17, 15) is 0 Å². The molecule has 0 saturated carbocycles. The number of allylic oxidation sites excluding steroid dienone is 4. The minimum atomic E-state index is 0.752. The Morgan fingerprint density at radius 3 is 2.33 bits per heavy atom. The zero-order valence-corrected chi connectivity index (χ0v) is 8.52. The zero-order valence-electron chi connectivity index (χ0n) is 7.76. The normalized spacial score (nSPS) is 14.0. The van der Waals surface area contributed by atoms with Crippen LogP contribution in [0, 0.1) is 0 Å². The van der Waals surface area contributed by atoms with E-state index in [1.807, 2.05) is 32.9 Å². The number of hydrogen-bond acceptors (Lipinski definition) is 1. The van der Waals surface area contributed by atoms with Crippen molar-refractivity contribution in [2.75, 3.05) is 0 Å². The van der Waals surface area contributed by atoms with E-state index >= 15 is 0 Å². The summed E-state index contributed by atoms with van der Waals surface area (Å²) in [5, 5.41) is 0.752. The monoisotopic (exact) mass is 183 g/mol.